The van der Waals surface area contributed by atoms with Gasteiger partial charge >= 0.3 is 5.63 Å². The molecule has 4 fully saturated rings. The van der Waals surface area contributed by atoms with Crippen LogP contribution in [0.1, 0.15) is 97.0 Å². The number of hydrogen-bond donors (Lipinski definition) is 4. The molecule has 41 heavy (non-hydrogen) atoms. The molecular weight excluding hydrogens is 528 g/mol. The van der Waals surface area contributed by atoms with Gasteiger partial charge in [0.05, 0.1) is 29.7 Å². The van der Waals surface area contributed by atoms with E-state index in [9.17, 15) is 30.0 Å². The first-order valence-electron chi connectivity index (χ1n) is 15.5. The van der Waals surface area contributed by atoms with E-state index in [2.05, 4.69) is 13.8 Å². The predicted octanol–water partition coefficient (Wildman–Crippen LogP) is 3.10. The molecule has 9 heteroatoms. The van der Waals surface area contributed by atoms with Crippen LogP contribution in [-0.4, -0.2) is 75.0 Å². The smallest absolute Gasteiger partial charge is 0.335 e. The van der Waals surface area contributed by atoms with Gasteiger partial charge in [0.2, 0.25) is 0 Å². The third kappa shape index (κ3) is 4.75. The summed E-state index contributed by atoms with van der Waals surface area (Å²) >= 11 is 0. The normalized spacial score (nSPS) is 43.2. The Balaban J connectivity index is 1.37. The molecule has 0 aliphatic heterocycles. The van der Waals surface area contributed by atoms with E-state index in [4.69, 9.17) is 13.9 Å². The summed E-state index contributed by atoms with van der Waals surface area (Å²) in [6.07, 6.45) is 3.51. The lowest BCUT2D eigenvalue weighted by molar-refractivity contribution is -0.282. The first-order valence-corrected chi connectivity index (χ1v) is 15.5. The minimum Gasteiger partial charge on any atom is -0.431 e. The van der Waals surface area contributed by atoms with Crippen LogP contribution in [0.2, 0.25) is 0 Å². The van der Waals surface area contributed by atoms with Crippen molar-refractivity contribution in [2.24, 2.45) is 22.7 Å². The van der Waals surface area contributed by atoms with Crippen molar-refractivity contribution in [3.8, 4) is 0 Å². The number of fused-ring (bicyclic) bond motifs is 5. The van der Waals surface area contributed by atoms with Crippen molar-refractivity contribution in [2.75, 3.05) is 6.61 Å². The molecule has 9 nitrogen and oxygen atoms in total. The molecule has 0 spiro atoms. The third-order valence-electron chi connectivity index (χ3n) is 12.0. The molecule has 0 radical (unpaired) electrons. The SMILES string of the molecule is CCO[C@]12CCC(O[C@@H](C)[C@H](O)[C@@H](O)[C@@H](O)C=O)C[C@@]1(C)CC[C@@H]1C2CC[C@]2(C)[C@@H](c3ccc(=O)oc3)CC[C@]12O. The fourth-order valence-corrected chi connectivity index (χ4v) is 9.91. The summed E-state index contributed by atoms with van der Waals surface area (Å²) in [6, 6.07) is 3.33. The minimum atomic E-state index is -1.67. The monoisotopic (exact) mass is 576 g/mol. The topological polar surface area (TPSA) is 147 Å². The summed E-state index contributed by atoms with van der Waals surface area (Å²) in [7, 11) is 0. The van der Waals surface area contributed by atoms with E-state index in [0.29, 0.717) is 19.4 Å². The van der Waals surface area contributed by atoms with Gasteiger partial charge in [0.1, 0.15) is 18.3 Å². The molecule has 1 aromatic rings. The van der Waals surface area contributed by atoms with Crippen molar-refractivity contribution >= 4 is 6.29 Å². The number of aldehydes is 1. The number of aliphatic hydroxyl groups is 4. The molecule has 4 aliphatic carbocycles. The average molecular weight is 577 g/mol. The highest BCUT2D eigenvalue weighted by Crippen LogP contribution is 2.71. The van der Waals surface area contributed by atoms with Crippen LogP contribution in [0.15, 0.2) is 27.6 Å². The summed E-state index contributed by atoms with van der Waals surface area (Å²) in [6.45, 7) is 8.77. The summed E-state index contributed by atoms with van der Waals surface area (Å²) < 4.78 is 18.3. The number of carbonyl (C=O) groups excluding carboxylic acids is 1. The number of hydrogen-bond acceptors (Lipinski definition) is 9. The van der Waals surface area contributed by atoms with Gasteiger partial charge in [0.25, 0.3) is 0 Å². The van der Waals surface area contributed by atoms with Crippen LogP contribution in [0, 0.1) is 22.7 Å². The summed E-state index contributed by atoms with van der Waals surface area (Å²) in [5, 5.41) is 42.9. The van der Waals surface area contributed by atoms with Gasteiger partial charge in [-0.05, 0) is 106 Å². The second-order valence-corrected chi connectivity index (χ2v) is 13.8. The van der Waals surface area contributed by atoms with Crippen molar-refractivity contribution in [3.63, 3.8) is 0 Å². The maximum atomic E-state index is 12.6. The van der Waals surface area contributed by atoms with Crippen molar-refractivity contribution in [3.05, 3.63) is 34.4 Å². The minimum absolute atomic E-state index is 0.0970. The molecule has 1 aromatic heterocycles. The molecule has 230 valence electrons. The van der Waals surface area contributed by atoms with E-state index < -0.39 is 35.6 Å². The fraction of sp³-hybridized carbons (Fsp3) is 0.812. The van der Waals surface area contributed by atoms with Crippen LogP contribution >= 0.6 is 0 Å². The Kier molecular flexibility index (Phi) is 8.38. The fourth-order valence-electron chi connectivity index (χ4n) is 9.91. The lowest BCUT2D eigenvalue weighted by Crippen LogP contribution is -2.69. The highest BCUT2D eigenvalue weighted by Gasteiger charge is 2.71. The molecule has 0 aromatic carbocycles. The predicted molar refractivity (Wildman–Crippen MR) is 150 cm³/mol. The van der Waals surface area contributed by atoms with Crippen LogP contribution < -0.4 is 5.63 Å². The van der Waals surface area contributed by atoms with Crippen LogP contribution in [0.3, 0.4) is 0 Å². The van der Waals surface area contributed by atoms with E-state index in [0.717, 1.165) is 50.5 Å². The van der Waals surface area contributed by atoms with E-state index in [1.54, 1.807) is 13.2 Å². The van der Waals surface area contributed by atoms with Crippen LogP contribution in [-0.2, 0) is 14.3 Å². The molecule has 0 amide bonds. The first-order chi connectivity index (χ1) is 19.4. The van der Waals surface area contributed by atoms with E-state index in [1.807, 2.05) is 13.0 Å². The van der Waals surface area contributed by atoms with E-state index in [1.165, 1.54) is 6.07 Å². The highest BCUT2D eigenvalue weighted by molar-refractivity contribution is 5.56. The van der Waals surface area contributed by atoms with Gasteiger partial charge in [-0.15, -0.1) is 0 Å². The molecule has 12 atom stereocenters. The zero-order valence-electron chi connectivity index (χ0n) is 24.8. The second-order valence-electron chi connectivity index (χ2n) is 13.8. The third-order valence-corrected chi connectivity index (χ3v) is 12.0. The summed E-state index contributed by atoms with van der Waals surface area (Å²) in [5.41, 5.74) is -1.16. The lowest BCUT2D eigenvalue weighted by atomic mass is 9.42. The Labute approximate surface area is 242 Å². The zero-order valence-corrected chi connectivity index (χ0v) is 24.8. The van der Waals surface area contributed by atoms with Gasteiger partial charge in [0, 0.05) is 18.1 Å². The van der Waals surface area contributed by atoms with Gasteiger partial charge in [-0.25, -0.2) is 4.79 Å². The molecule has 1 heterocycles. The Hall–Kier alpha value is -1.62. The molecule has 4 saturated carbocycles. The molecule has 4 N–H and O–H groups in total. The average Bonchev–Trinajstić information content (AvgIpc) is 3.23. The molecule has 0 bridgehead atoms. The Bertz CT molecular complexity index is 1130. The van der Waals surface area contributed by atoms with Crippen LogP contribution in [0.4, 0.5) is 0 Å². The Morgan fingerprint density at radius 3 is 2.41 bits per heavy atom. The Morgan fingerprint density at radius 1 is 1.02 bits per heavy atom. The van der Waals surface area contributed by atoms with Crippen molar-refractivity contribution in [1.82, 2.24) is 0 Å². The summed E-state index contributed by atoms with van der Waals surface area (Å²) in [5.74, 6) is 0.416. The van der Waals surface area contributed by atoms with Crippen molar-refractivity contribution in [1.29, 1.82) is 0 Å². The molecule has 0 saturated heterocycles. The first kappa shape index (κ1) is 30.8. The van der Waals surface area contributed by atoms with E-state index >= 15 is 0 Å². The largest absolute Gasteiger partial charge is 0.431 e. The van der Waals surface area contributed by atoms with Gasteiger partial charge in [-0.1, -0.05) is 13.8 Å². The quantitative estimate of drug-likeness (QED) is 0.326. The molecule has 5 rings (SSSR count). The standard InChI is InChI=1S/C32H48O9/c1-5-40-32-15-8-21(41-19(2)27(36)28(37)25(34)17-33)16-29(32,3)12-9-23-24(32)10-13-30(4)22(11-14-31(23,30)38)20-6-7-26(35)39-18-20/h6-7,17-19,21-25,27-28,34,36-38H,5,8-16H2,1-4H3/t19-,21?,22+,23+,24?,25-,27-,28-,29+,30+,31-,32-/m0/s1. The zero-order chi connectivity index (χ0) is 29.8. The number of rotatable bonds is 9. The van der Waals surface area contributed by atoms with Crippen molar-refractivity contribution < 1.29 is 39.1 Å². The van der Waals surface area contributed by atoms with Gasteiger partial charge in [-0.3, -0.25) is 0 Å². The molecule has 4 aliphatic rings. The second kappa shape index (κ2) is 11.1. The lowest BCUT2D eigenvalue weighted by Gasteiger charge is -2.67. The number of aliphatic hydroxyl groups excluding tert-OH is 3. The Morgan fingerprint density at radius 2 is 1.76 bits per heavy atom. The van der Waals surface area contributed by atoms with Crippen LogP contribution in [0.5, 0.6) is 0 Å². The highest BCUT2D eigenvalue weighted by atomic mass is 16.5. The van der Waals surface area contributed by atoms with Gasteiger partial charge in [0.15, 0.2) is 6.29 Å². The maximum absolute atomic E-state index is 12.6. The van der Waals surface area contributed by atoms with Crippen molar-refractivity contribution in [2.45, 2.75) is 133 Å². The van der Waals surface area contributed by atoms with Gasteiger partial charge in [-0.2, -0.15) is 0 Å². The molecule has 2 unspecified atom stereocenters. The van der Waals surface area contributed by atoms with Crippen LogP contribution in [0.25, 0.3) is 0 Å². The number of carbonyl (C=O) groups is 1. The maximum Gasteiger partial charge on any atom is 0.335 e. The van der Waals surface area contributed by atoms with E-state index in [-0.39, 0.29) is 46.6 Å². The number of ether oxygens (including phenoxy) is 2. The summed E-state index contributed by atoms with van der Waals surface area (Å²) in [4.78, 5) is 22.5. The molecular formula is C32H48O9. The van der Waals surface area contributed by atoms with Gasteiger partial charge < -0.3 is 39.1 Å².